The van der Waals surface area contributed by atoms with E-state index in [4.69, 9.17) is 14.2 Å². The molecule has 4 aliphatic carbocycles. The Morgan fingerprint density at radius 2 is 0.643 bits per heavy atom. The summed E-state index contributed by atoms with van der Waals surface area (Å²) in [7, 11) is 0. The van der Waals surface area contributed by atoms with Crippen molar-refractivity contribution < 1.29 is 14.2 Å². The highest BCUT2D eigenvalue weighted by molar-refractivity contribution is 5.17. The number of morpholine rings is 3. The predicted octanol–water partition coefficient (Wildman–Crippen LogP) is 13.1. The van der Waals surface area contributed by atoms with E-state index in [-0.39, 0.29) is 0 Å². The second kappa shape index (κ2) is 29.9. The van der Waals surface area contributed by atoms with Crippen molar-refractivity contribution in [3.63, 3.8) is 0 Å². The molecule has 4 saturated carbocycles. The Labute approximate surface area is 519 Å². The first-order chi connectivity index (χ1) is 39.8. The lowest BCUT2D eigenvalue weighted by molar-refractivity contribution is -0.185. The van der Waals surface area contributed by atoms with E-state index in [1.807, 2.05) is 0 Å². The van der Waals surface area contributed by atoms with Crippen molar-refractivity contribution in [2.24, 2.45) is 46.3 Å². The van der Waals surface area contributed by atoms with Crippen LogP contribution in [0, 0.1) is 46.3 Å². The molecule has 14 heterocycles. The minimum absolute atomic E-state index is 0.552. The summed E-state index contributed by atoms with van der Waals surface area (Å²) in [4.78, 5) is 20.9. The highest BCUT2D eigenvalue weighted by atomic mass is 16.5. The zero-order chi connectivity index (χ0) is 60.4. The predicted molar refractivity (Wildman–Crippen MR) is 353 cm³/mol. The molecule has 0 N–H and O–H groups in total. The Balaban J connectivity index is 0.000000115. The maximum absolute atomic E-state index is 5.74. The number of ether oxygens (including phenoxy) is 3. The number of likely N-dealkylation sites (tertiary alicyclic amines) is 4. The Hall–Kier alpha value is -0.440. The van der Waals surface area contributed by atoms with Gasteiger partial charge >= 0.3 is 0 Å². The van der Waals surface area contributed by atoms with Gasteiger partial charge in [0.25, 0.3) is 0 Å². The average Bonchev–Trinajstić information content (AvgIpc) is 1.65. The van der Waals surface area contributed by atoms with Crippen LogP contribution in [-0.4, -0.2) is 228 Å². The van der Waals surface area contributed by atoms with Crippen molar-refractivity contribution in [3.8, 4) is 0 Å². The lowest BCUT2D eigenvalue weighted by atomic mass is 9.71. The molecule has 488 valence electrons. The van der Waals surface area contributed by atoms with E-state index in [2.05, 4.69) is 164 Å². The van der Waals surface area contributed by atoms with Crippen molar-refractivity contribution in [3.05, 3.63) is 0 Å². The van der Waals surface area contributed by atoms with Crippen LogP contribution in [0.2, 0.25) is 0 Å². The molecular weight excluding hydrogens is 1040 g/mol. The largest absolute Gasteiger partial charge is 0.378 e. The molecule has 0 aromatic rings. The van der Waals surface area contributed by atoms with Crippen LogP contribution in [0.4, 0.5) is 0 Å². The van der Waals surface area contributed by atoms with Crippen molar-refractivity contribution in [2.75, 3.05) is 91.8 Å². The van der Waals surface area contributed by atoms with Gasteiger partial charge in [-0.25, -0.2) is 0 Å². The second-order valence-electron chi connectivity index (χ2n) is 33.9. The summed E-state index contributed by atoms with van der Waals surface area (Å²) in [5.41, 5.74) is 1.36. The van der Waals surface area contributed by atoms with Crippen LogP contribution < -0.4 is 0 Å². The van der Waals surface area contributed by atoms with E-state index in [0.29, 0.717) is 53.4 Å². The zero-order valence-electron chi connectivity index (χ0n) is 58.4. The maximum Gasteiger partial charge on any atom is 0.0731 e. The van der Waals surface area contributed by atoms with Gasteiger partial charge in [0, 0.05) is 157 Å². The summed E-state index contributed by atoms with van der Waals surface area (Å²) in [5, 5.41) is 0. The van der Waals surface area contributed by atoms with Crippen LogP contribution in [0.15, 0.2) is 0 Å². The Bertz CT molecular complexity index is 1750. The minimum atomic E-state index is 0.552. The van der Waals surface area contributed by atoms with Crippen LogP contribution in [0.3, 0.4) is 0 Å². The monoisotopic (exact) mass is 1180 g/mol. The molecule has 18 fully saturated rings. The van der Waals surface area contributed by atoms with Crippen molar-refractivity contribution in [2.45, 2.75) is 331 Å². The zero-order valence-corrected chi connectivity index (χ0v) is 58.4. The number of nitrogens with zero attached hydrogens (tertiary/aromatic N) is 8. The molecule has 0 radical (unpaired) electrons. The van der Waals surface area contributed by atoms with Gasteiger partial charge in [0.05, 0.1) is 37.6 Å². The second-order valence-corrected chi connectivity index (χ2v) is 33.9. The fraction of sp³-hybridized carbons (Fsp3) is 1.00. The number of fused-ring (bicyclic) bond motifs is 14. The maximum atomic E-state index is 5.74. The number of piperidine rings is 7. The van der Waals surface area contributed by atoms with Crippen LogP contribution in [0.25, 0.3) is 0 Å². The fourth-order valence-corrected chi connectivity index (χ4v) is 18.9. The molecule has 14 aliphatic heterocycles. The normalized spacial score (nSPS) is 40.6. The molecule has 0 aromatic carbocycles. The first-order valence-electron chi connectivity index (χ1n) is 36.7. The minimum Gasteiger partial charge on any atom is -0.378 e. The summed E-state index contributed by atoms with van der Waals surface area (Å²) < 4.78 is 16.7. The van der Waals surface area contributed by atoms with Gasteiger partial charge in [0.1, 0.15) is 0 Å². The smallest absolute Gasteiger partial charge is 0.0731 e. The number of hydrogen-bond donors (Lipinski definition) is 0. The molecule has 0 amide bonds. The average molecular weight is 1180 g/mol. The van der Waals surface area contributed by atoms with E-state index >= 15 is 0 Å². The third-order valence-corrected chi connectivity index (χ3v) is 24.7. The molecule has 0 spiro atoms. The molecule has 14 atom stereocenters. The van der Waals surface area contributed by atoms with Crippen LogP contribution in [0.5, 0.6) is 0 Å². The molecule has 18 rings (SSSR count). The summed E-state index contributed by atoms with van der Waals surface area (Å²) in [6, 6.07) is 9.35. The van der Waals surface area contributed by atoms with Gasteiger partial charge in [-0.1, -0.05) is 20.3 Å². The van der Waals surface area contributed by atoms with Crippen molar-refractivity contribution >= 4 is 0 Å². The van der Waals surface area contributed by atoms with Gasteiger partial charge in [-0.15, -0.1) is 0 Å². The molecule has 11 heteroatoms. The van der Waals surface area contributed by atoms with E-state index < -0.39 is 0 Å². The number of rotatable bonds is 8. The van der Waals surface area contributed by atoms with Crippen molar-refractivity contribution in [1.82, 2.24) is 39.2 Å². The lowest BCUT2D eigenvalue weighted by Crippen LogP contribution is -2.58. The van der Waals surface area contributed by atoms with Crippen LogP contribution >= 0.6 is 0 Å². The topological polar surface area (TPSA) is 53.6 Å². The highest BCUT2D eigenvalue weighted by Crippen LogP contribution is 2.68. The Morgan fingerprint density at radius 1 is 0.310 bits per heavy atom. The van der Waals surface area contributed by atoms with Gasteiger partial charge in [0.2, 0.25) is 0 Å². The standard InChI is InChI=1S/3C10H19N.2C9H17NO.C9H17N.C8H15NO.C8H15N/c1-8(2)11-6-9(3)5-10(9,4)7-11;1-8(2)11-6-9-3-4-10(5-9)7-11;1-8(2)11-9-4-3-5-10(11)7-6-9;1-7(2)10-8-3-4-9(10)6-11-5-8;1-7(2)10-5-8-3-4-9(6-10)11-8;1-7(2)10-5-8-3-9(4-8)6-10;1-6(2)9-4-7-3-8(5-9)10-7;1-6(2)9-4-7-3-8(7)5-9/h8H,5-7H2,1-4H3;2*8-10H,3-7H2,1-2H3;2*7-9H,3-6H2,1-2H3;7-9H,3-6H2,1-2H3;6-8H,3-5H2,1-2H3;6-8H,3-5H2,1-2H3. The summed E-state index contributed by atoms with van der Waals surface area (Å²) in [5.74, 6) is 6.45. The molecule has 0 aromatic heterocycles. The molecule has 12 bridgehead atoms. The van der Waals surface area contributed by atoms with E-state index in [9.17, 15) is 0 Å². The van der Waals surface area contributed by atoms with Gasteiger partial charge in [0.15, 0.2) is 0 Å². The summed E-state index contributed by atoms with van der Waals surface area (Å²) in [6.07, 6.45) is 26.8. The van der Waals surface area contributed by atoms with Crippen molar-refractivity contribution in [1.29, 1.82) is 0 Å². The summed E-state index contributed by atoms with van der Waals surface area (Å²) >= 11 is 0. The van der Waals surface area contributed by atoms with Gasteiger partial charge in [-0.05, 0) is 253 Å². The molecule has 18 aliphatic rings. The third-order valence-electron chi connectivity index (χ3n) is 24.7. The molecule has 84 heavy (non-hydrogen) atoms. The Morgan fingerprint density at radius 3 is 1.00 bits per heavy atom. The third kappa shape index (κ3) is 17.8. The van der Waals surface area contributed by atoms with Gasteiger partial charge in [-0.3, -0.25) is 24.5 Å². The van der Waals surface area contributed by atoms with Gasteiger partial charge in [-0.2, -0.15) is 0 Å². The molecule has 14 saturated heterocycles. The van der Waals surface area contributed by atoms with Gasteiger partial charge < -0.3 is 28.9 Å². The number of hydrogen-bond acceptors (Lipinski definition) is 11. The Kier molecular flexibility index (Phi) is 24.2. The van der Waals surface area contributed by atoms with E-state index in [0.717, 1.165) is 129 Å². The SMILES string of the molecule is CC(C)N1C2CCC1COC2.CC(C)N1C2CCCC1CC2.CC(C)N1CC2(C)CC2(C)C1.CC(C)N1CC2CC(C1)O2.CC(C)N1CC2CC(C2)C1.CC(C)N1CC2CC2C1.CC(C)N1CC2CCC(C1)O2.CC(C)N1CC2CCC(C2)C1. The lowest BCUT2D eigenvalue weighted by Gasteiger charge is -2.48. The quantitative estimate of drug-likeness (QED) is 0.234. The molecule has 14 unspecified atom stereocenters. The molecular formula is C73H138N8O3. The first-order valence-corrected chi connectivity index (χ1v) is 36.7. The van der Waals surface area contributed by atoms with Crippen LogP contribution in [-0.2, 0) is 14.2 Å². The summed E-state index contributed by atoms with van der Waals surface area (Å²) in [6.45, 7) is 59.2. The van der Waals surface area contributed by atoms with E-state index in [1.54, 1.807) is 0 Å². The molecule has 11 nitrogen and oxygen atoms in total. The van der Waals surface area contributed by atoms with E-state index in [1.165, 1.54) is 162 Å². The highest BCUT2D eigenvalue weighted by Gasteiger charge is 2.66. The first kappa shape index (κ1) is 67.9. The van der Waals surface area contributed by atoms with Crippen LogP contribution in [0.1, 0.15) is 234 Å². The fourth-order valence-electron chi connectivity index (χ4n) is 18.9.